The molecule has 0 radical (unpaired) electrons. The van der Waals surface area contributed by atoms with Crippen LogP contribution in [0.15, 0.2) is 46.2 Å². The molecule has 1 heterocycles. The molecule has 0 atom stereocenters. The molecule has 7 heteroatoms. The molecule has 3 N–H and O–H groups in total. The second kappa shape index (κ2) is 5.54. The van der Waals surface area contributed by atoms with Gasteiger partial charge < -0.3 is 9.13 Å². The van der Waals surface area contributed by atoms with E-state index in [4.69, 9.17) is 5.84 Å². The molecule has 0 aliphatic carbocycles. The molecule has 104 valence electrons. The van der Waals surface area contributed by atoms with Crippen molar-refractivity contribution in [1.82, 2.24) is 14.6 Å². The summed E-state index contributed by atoms with van der Waals surface area (Å²) < 4.78 is 2.55. The molecule has 1 aromatic heterocycles. The highest BCUT2D eigenvalue weighted by Crippen LogP contribution is 2.05. The molecule has 0 saturated heterocycles. The normalized spacial score (nSPS) is 10.3. The van der Waals surface area contributed by atoms with Crippen LogP contribution in [-0.4, -0.2) is 15.0 Å². The van der Waals surface area contributed by atoms with E-state index >= 15 is 0 Å². The van der Waals surface area contributed by atoms with Crippen molar-refractivity contribution in [1.29, 1.82) is 0 Å². The van der Waals surface area contributed by atoms with Gasteiger partial charge in [0.05, 0.1) is 6.54 Å². The first-order valence-corrected chi connectivity index (χ1v) is 5.89. The summed E-state index contributed by atoms with van der Waals surface area (Å²) in [7, 11) is 1.52. The smallest absolute Gasteiger partial charge is 0.312 e. The van der Waals surface area contributed by atoms with Crippen LogP contribution >= 0.6 is 0 Å². The van der Waals surface area contributed by atoms with Gasteiger partial charge in [0.15, 0.2) is 0 Å². The van der Waals surface area contributed by atoms with E-state index in [-0.39, 0.29) is 12.5 Å². The van der Waals surface area contributed by atoms with E-state index < -0.39 is 11.1 Å². The standard InChI is InChI=1S/C13H14N4O3/c1-16-6-7-17(13(20)12(16)19)8-9-2-4-10(5-3-9)11(18)15-14/h2-7H,8,14H2,1H3,(H,15,18). The van der Waals surface area contributed by atoms with Gasteiger partial charge in [0.2, 0.25) is 0 Å². The summed E-state index contributed by atoms with van der Waals surface area (Å²) in [5.74, 6) is 4.65. The van der Waals surface area contributed by atoms with Crippen LogP contribution in [-0.2, 0) is 13.6 Å². The van der Waals surface area contributed by atoms with E-state index in [9.17, 15) is 14.4 Å². The highest BCUT2D eigenvalue weighted by Gasteiger charge is 2.05. The van der Waals surface area contributed by atoms with Gasteiger partial charge in [0.25, 0.3) is 5.91 Å². The number of benzene rings is 1. The van der Waals surface area contributed by atoms with Gasteiger partial charge >= 0.3 is 11.1 Å². The van der Waals surface area contributed by atoms with Crippen molar-refractivity contribution < 1.29 is 4.79 Å². The molecule has 1 amide bonds. The van der Waals surface area contributed by atoms with Gasteiger partial charge in [-0.2, -0.15) is 0 Å². The van der Waals surface area contributed by atoms with E-state index in [2.05, 4.69) is 0 Å². The predicted molar refractivity (Wildman–Crippen MR) is 73.1 cm³/mol. The molecule has 1 aromatic carbocycles. The molecule has 7 nitrogen and oxygen atoms in total. The predicted octanol–water partition coefficient (Wildman–Crippen LogP) is -0.801. The van der Waals surface area contributed by atoms with Crippen LogP contribution in [0.4, 0.5) is 0 Å². The number of hydrogen-bond acceptors (Lipinski definition) is 4. The van der Waals surface area contributed by atoms with E-state index in [0.717, 1.165) is 5.56 Å². The summed E-state index contributed by atoms with van der Waals surface area (Å²) in [6.07, 6.45) is 3.07. The molecular weight excluding hydrogens is 260 g/mol. The van der Waals surface area contributed by atoms with Gasteiger partial charge in [-0.1, -0.05) is 12.1 Å². The topological polar surface area (TPSA) is 99.1 Å². The molecule has 20 heavy (non-hydrogen) atoms. The van der Waals surface area contributed by atoms with Crippen LogP contribution < -0.4 is 22.4 Å². The molecule has 0 unspecified atom stereocenters. The second-order valence-electron chi connectivity index (χ2n) is 4.32. The van der Waals surface area contributed by atoms with Crippen LogP contribution in [0.2, 0.25) is 0 Å². The molecule has 0 aliphatic rings. The third-order valence-electron chi connectivity index (χ3n) is 2.93. The number of hydrogen-bond donors (Lipinski definition) is 2. The van der Waals surface area contributed by atoms with Crippen molar-refractivity contribution >= 4 is 5.91 Å². The van der Waals surface area contributed by atoms with E-state index in [1.807, 2.05) is 5.43 Å². The summed E-state index contributed by atoms with van der Waals surface area (Å²) >= 11 is 0. The molecule has 0 saturated carbocycles. The molecule has 0 spiro atoms. The zero-order valence-electron chi connectivity index (χ0n) is 10.9. The number of hydrazine groups is 1. The van der Waals surface area contributed by atoms with E-state index in [0.29, 0.717) is 5.56 Å². The fourth-order valence-corrected chi connectivity index (χ4v) is 1.76. The number of aryl methyl sites for hydroxylation is 1. The minimum atomic E-state index is -0.584. The maximum absolute atomic E-state index is 11.8. The Morgan fingerprint density at radius 3 is 2.40 bits per heavy atom. The fraction of sp³-hybridized carbons (Fsp3) is 0.154. The summed E-state index contributed by atoms with van der Waals surface area (Å²) in [6.45, 7) is 0.263. The Balaban J connectivity index is 2.27. The first-order valence-electron chi connectivity index (χ1n) is 5.89. The molecule has 2 aromatic rings. The quantitative estimate of drug-likeness (QED) is 0.331. The average Bonchev–Trinajstić information content (AvgIpc) is 2.48. The third-order valence-corrected chi connectivity index (χ3v) is 2.93. The number of nitrogen functional groups attached to an aromatic ring is 1. The van der Waals surface area contributed by atoms with Gasteiger partial charge in [0.1, 0.15) is 0 Å². The van der Waals surface area contributed by atoms with Gasteiger partial charge in [-0.05, 0) is 17.7 Å². The number of nitrogens with one attached hydrogen (secondary N) is 1. The number of rotatable bonds is 3. The number of aromatic nitrogens is 2. The first-order chi connectivity index (χ1) is 9.52. The monoisotopic (exact) mass is 274 g/mol. The van der Waals surface area contributed by atoms with E-state index in [1.54, 1.807) is 30.5 Å². The molecular formula is C13H14N4O3. The minimum absolute atomic E-state index is 0.263. The van der Waals surface area contributed by atoms with E-state index in [1.165, 1.54) is 22.4 Å². The van der Waals surface area contributed by atoms with Crippen molar-refractivity contribution in [2.75, 3.05) is 0 Å². The average molecular weight is 274 g/mol. The Hall–Kier alpha value is -2.67. The summed E-state index contributed by atoms with van der Waals surface area (Å²) in [6, 6.07) is 6.61. The third kappa shape index (κ3) is 2.67. The number of nitrogens with two attached hydrogens (primary N) is 1. The number of nitrogens with zero attached hydrogens (tertiary/aromatic N) is 2. The Morgan fingerprint density at radius 1 is 1.15 bits per heavy atom. The Morgan fingerprint density at radius 2 is 1.80 bits per heavy atom. The largest absolute Gasteiger partial charge is 0.316 e. The SMILES string of the molecule is Cn1ccn(Cc2ccc(C(=O)NN)cc2)c(=O)c1=O. The molecule has 0 fully saturated rings. The molecule has 0 aliphatic heterocycles. The van der Waals surface area contributed by atoms with Crippen LogP contribution in [0.1, 0.15) is 15.9 Å². The Bertz CT molecular complexity index is 743. The van der Waals surface area contributed by atoms with Gasteiger partial charge in [-0.3, -0.25) is 19.8 Å². The maximum atomic E-state index is 11.8. The van der Waals surface area contributed by atoms with Gasteiger partial charge in [0, 0.05) is 25.0 Å². The molecule has 2 rings (SSSR count). The highest BCUT2D eigenvalue weighted by atomic mass is 16.2. The first kappa shape index (κ1) is 13.8. The van der Waals surface area contributed by atoms with Gasteiger partial charge in [-0.25, -0.2) is 5.84 Å². The number of carbonyl (C=O) groups is 1. The zero-order chi connectivity index (χ0) is 14.7. The van der Waals surface area contributed by atoms with Crippen LogP contribution in [0.3, 0.4) is 0 Å². The van der Waals surface area contributed by atoms with Crippen molar-refractivity contribution in [3.05, 3.63) is 68.5 Å². The fourth-order valence-electron chi connectivity index (χ4n) is 1.76. The summed E-state index contributed by atoms with van der Waals surface area (Å²) in [5, 5.41) is 0. The van der Waals surface area contributed by atoms with Crippen molar-refractivity contribution in [2.24, 2.45) is 12.9 Å². The lowest BCUT2D eigenvalue weighted by Gasteiger charge is -2.07. The number of amides is 1. The minimum Gasteiger partial charge on any atom is -0.312 e. The van der Waals surface area contributed by atoms with Crippen LogP contribution in [0, 0.1) is 0 Å². The van der Waals surface area contributed by atoms with Crippen LogP contribution in [0.5, 0.6) is 0 Å². The van der Waals surface area contributed by atoms with Gasteiger partial charge in [-0.15, -0.1) is 0 Å². The summed E-state index contributed by atoms with van der Waals surface area (Å²) in [4.78, 5) is 34.6. The zero-order valence-corrected chi connectivity index (χ0v) is 10.9. The summed E-state index contributed by atoms with van der Waals surface area (Å²) in [5.41, 5.74) is 2.10. The second-order valence-corrected chi connectivity index (χ2v) is 4.32. The van der Waals surface area contributed by atoms with Crippen molar-refractivity contribution in [3.8, 4) is 0 Å². The highest BCUT2D eigenvalue weighted by molar-refractivity contribution is 5.93. The maximum Gasteiger partial charge on any atom is 0.316 e. The number of carbonyl (C=O) groups excluding carboxylic acids is 1. The van der Waals surface area contributed by atoms with Crippen LogP contribution in [0.25, 0.3) is 0 Å². The lowest BCUT2D eigenvalue weighted by atomic mass is 10.1. The van der Waals surface area contributed by atoms with Crippen molar-refractivity contribution in [2.45, 2.75) is 6.54 Å². The van der Waals surface area contributed by atoms with Crippen molar-refractivity contribution in [3.63, 3.8) is 0 Å². The Kier molecular flexibility index (Phi) is 3.81. The lowest BCUT2D eigenvalue weighted by Crippen LogP contribution is -2.39. The Labute approximate surface area is 114 Å². The molecule has 0 bridgehead atoms. The lowest BCUT2D eigenvalue weighted by molar-refractivity contribution is 0.0953.